The zero-order chi connectivity index (χ0) is 32.6. The molecule has 0 amide bonds. The standard InChI is InChI=1S/C45H92/c1-4-6-8-10-12-14-15-16-17-18-19-20-21-22-23-24-25-26-27-28-29-30-31-32-33-34-36-38-40-42-44-45(3)43-41-39-37-35-13-11-9-7-5-2/h45H,4-44H2,1-3H3. The van der Waals surface area contributed by atoms with Crippen LogP contribution in [0.15, 0.2) is 0 Å². The Hall–Kier alpha value is 0. The van der Waals surface area contributed by atoms with E-state index in [-0.39, 0.29) is 0 Å². The van der Waals surface area contributed by atoms with Gasteiger partial charge >= 0.3 is 0 Å². The summed E-state index contributed by atoms with van der Waals surface area (Å²) in [6.07, 6.45) is 60.7. The molecule has 1 unspecified atom stereocenters. The third-order valence-corrected chi connectivity index (χ3v) is 10.9. The Kier molecular flexibility index (Phi) is 42.0. The number of rotatable bonds is 41. The summed E-state index contributed by atoms with van der Waals surface area (Å²) in [7, 11) is 0. The highest BCUT2D eigenvalue weighted by Gasteiger charge is 2.03. The van der Waals surface area contributed by atoms with Gasteiger partial charge in [0, 0.05) is 0 Å². The zero-order valence-electron chi connectivity index (χ0n) is 32.6. The molecule has 0 heteroatoms. The molecular weight excluding hydrogens is 540 g/mol. The van der Waals surface area contributed by atoms with Gasteiger partial charge in [0.15, 0.2) is 0 Å². The first-order chi connectivity index (χ1) is 22.3. The largest absolute Gasteiger partial charge is 0.0654 e. The molecule has 1 atom stereocenters. The Morgan fingerprint density at radius 1 is 0.200 bits per heavy atom. The quantitative estimate of drug-likeness (QED) is 0.0588. The molecule has 0 aliphatic rings. The lowest BCUT2D eigenvalue weighted by atomic mass is 9.95. The van der Waals surface area contributed by atoms with Gasteiger partial charge in [0.25, 0.3) is 0 Å². The van der Waals surface area contributed by atoms with Crippen LogP contribution in [0.1, 0.15) is 284 Å². The van der Waals surface area contributed by atoms with Crippen LogP contribution in [0.5, 0.6) is 0 Å². The van der Waals surface area contributed by atoms with Gasteiger partial charge in [-0.15, -0.1) is 0 Å². The van der Waals surface area contributed by atoms with Crippen LogP contribution >= 0.6 is 0 Å². The van der Waals surface area contributed by atoms with E-state index in [2.05, 4.69) is 20.8 Å². The molecule has 0 saturated heterocycles. The lowest BCUT2D eigenvalue weighted by Crippen LogP contribution is -1.95. The van der Waals surface area contributed by atoms with Crippen LogP contribution in [0.2, 0.25) is 0 Å². The fraction of sp³-hybridized carbons (Fsp3) is 1.00. The molecule has 0 saturated carbocycles. The number of hydrogen-bond donors (Lipinski definition) is 0. The highest BCUT2D eigenvalue weighted by Crippen LogP contribution is 2.20. The van der Waals surface area contributed by atoms with Crippen molar-refractivity contribution >= 4 is 0 Å². The topological polar surface area (TPSA) is 0 Å². The second-order valence-electron chi connectivity index (χ2n) is 15.8. The molecular formula is C45H92. The van der Waals surface area contributed by atoms with E-state index < -0.39 is 0 Å². The molecule has 0 heterocycles. The van der Waals surface area contributed by atoms with Crippen molar-refractivity contribution in [1.29, 1.82) is 0 Å². The molecule has 0 aromatic rings. The van der Waals surface area contributed by atoms with E-state index in [9.17, 15) is 0 Å². The van der Waals surface area contributed by atoms with Gasteiger partial charge in [-0.25, -0.2) is 0 Å². The molecule has 0 radical (unpaired) electrons. The van der Waals surface area contributed by atoms with E-state index in [4.69, 9.17) is 0 Å². The molecule has 45 heavy (non-hydrogen) atoms. The third-order valence-electron chi connectivity index (χ3n) is 10.9. The van der Waals surface area contributed by atoms with Crippen molar-refractivity contribution < 1.29 is 0 Å². The van der Waals surface area contributed by atoms with Crippen LogP contribution in [0.25, 0.3) is 0 Å². The summed E-state index contributed by atoms with van der Waals surface area (Å²) >= 11 is 0. The summed E-state index contributed by atoms with van der Waals surface area (Å²) < 4.78 is 0. The van der Waals surface area contributed by atoms with Crippen molar-refractivity contribution in [3.8, 4) is 0 Å². The first-order valence-corrected chi connectivity index (χ1v) is 22.3. The smallest absolute Gasteiger partial charge is 0.0443 e. The fourth-order valence-corrected chi connectivity index (χ4v) is 7.46. The van der Waals surface area contributed by atoms with Crippen molar-refractivity contribution in [2.24, 2.45) is 5.92 Å². The molecule has 0 aliphatic carbocycles. The molecule has 0 nitrogen and oxygen atoms in total. The van der Waals surface area contributed by atoms with Crippen LogP contribution in [-0.4, -0.2) is 0 Å². The van der Waals surface area contributed by atoms with Gasteiger partial charge in [-0.05, 0) is 5.92 Å². The maximum Gasteiger partial charge on any atom is -0.0443 e. The molecule has 0 fully saturated rings. The van der Waals surface area contributed by atoms with E-state index in [1.165, 1.54) is 263 Å². The predicted octanol–water partition coefficient (Wildman–Crippen LogP) is 17.7. The molecule has 0 bridgehead atoms. The average molecular weight is 633 g/mol. The Labute approximate surface area is 289 Å². The van der Waals surface area contributed by atoms with Crippen LogP contribution in [0, 0.1) is 5.92 Å². The highest BCUT2D eigenvalue weighted by atomic mass is 14.1. The van der Waals surface area contributed by atoms with E-state index in [1.807, 2.05) is 0 Å². The van der Waals surface area contributed by atoms with Crippen LogP contribution in [0.3, 0.4) is 0 Å². The molecule has 272 valence electrons. The summed E-state index contributed by atoms with van der Waals surface area (Å²) in [5, 5.41) is 0. The lowest BCUT2D eigenvalue weighted by Gasteiger charge is -2.11. The Morgan fingerprint density at radius 2 is 0.333 bits per heavy atom. The predicted molar refractivity (Wildman–Crippen MR) is 210 cm³/mol. The summed E-state index contributed by atoms with van der Waals surface area (Å²) in [4.78, 5) is 0. The van der Waals surface area contributed by atoms with Gasteiger partial charge in [0.2, 0.25) is 0 Å². The Balaban J connectivity index is 3.10. The highest BCUT2D eigenvalue weighted by molar-refractivity contribution is 4.57. The van der Waals surface area contributed by atoms with Crippen LogP contribution < -0.4 is 0 Å². The normalized spacial score (nSPS) is 12.3. The van der Waals surface area contributed by atoms with Crippen molar-refractivity contribution in [3.05, 3.63) is 0 Å². The number of unbranched alkanes of at least 4 members (excludes halogenated alkanes) is 37. The lowest BCUT2D eigenvalue weighted by molar-refractivity contribution is 0.430. The van der Waals surface area contributed by atoms with E-state index in [1.54, 1.807) is 0 Å². The van der Waals surface area contributed by atoms with Gasteiger partial charge < -0.3 is 0 Å². The summed E-state index contributed by atoms with van der Waals surface area (Å²) in [6, 6.07) is 0. The van der Waals surface area contributed by atoms with Crippen molar-refractivity contribution in [3.63, 3.8) is 0 Å². The zero-order valence-corrected chi connectivity index (χ0v) is 32.6. The minimum atomic E-state index is 0.966. The van der Waals surface area contributed by atoms with Crippen molar-refractivity contribution in [2.45, 2.75) is 284 Å². The third kappa shape index (κ3) is 42.0. The average Bonchev–Trinajstić information content (AvgIpc) is 3.05. The molecule has 0 aromatic heterocycles. The molecule has 0 rings (SSSR count). The van der Waals surface area contributed by atoms with Gasteiger partial charge in [-0.2, -0.15) is 0 Å². The maximum absolute atomic E-state index is 2.51. The van der Waals surface area contributed by atoms with Gasteiger partial charge in [-0.3, -0.25) is 0 Å². The van der Waals surface area contributed by atoms with Gasteiger partial charge in [0.05, 0.1) is 0 Å². The maximum atomic E-state index is 2.51. The molecule has 0 N–H and O–H groups in total. The monoisotopic (exact) mass is 633 g/mol. The second kappa shape index (κ2) is 42.0. The summed E-state index contributed by atoms with van der Waals surface area (Å²) in [5.41, 5.74) is 0. The van der Waals surface area contributed by atoms with E-state index >= 15 is 0 Å². The minimum absolute atomic E-state index is 0.966. The van der Waals surface area contributed by atoms with Crippen LogP contribution in [0.4, 0.5) is 0 Å². The SMILES string of the molecule is CCCCCCCCCCCCCCCCCCCCCCCCCCCCCCCCC(C)CCCCCCCCCCC. The molecule has 0 spiro atoms. The first kappa shape index (κ1) is 45.0. The Bertz CT molecular complexity index is 480. The van der Waals surface area contributed by atoms with Gasteiger partial charge in [-0.1, -0.05) is 284 Å². The van der Waals surface area contributed by atoms with E-state index in [0.29, 0.717) is 0 Å². The Morgan fingerprint density at radius 3 is 0.489 bits per heavy atom. The van der Waals surface area contributed by atoms with Crippen LogP contribution in [-0.2, 0) is 0 Å². The summed E-state index contributed by atoms with van der Waals surface area (Å²) in [6.45, 7) is 7.13. The minimum Gasteiger partial charge on any atom is -0.0654 e. The molecule has 0 aliphatic heterocycles. The van der Waals surface area contributed by atoms with Crippen molar-refractivity contribution in [1.82, 2.24) is 0 Å². The number of hydrogen-bond acceptors (Lipinski definition) is 0. The summed E-state index contributed by atoms with van der Waals surface area (Å²) in [5.74, 6) is 0.966. The second-order valence-corrected chi connectivity index (χ2v) is 15.8. The molecule has 0 aromatic carbocycles. The van der Waals surface area contributed by atoms with Gasteiger partial charge in [0.1, 0.15) is 0 Å². The first-order valence-electron chi connectivity index (χ1n) is 22.3. The van der Waals surface area contributed by atoms with E-state index in [0.717, 1.165) is 5.92 Å². The fourth-order valence-electron chi connectivity index (χ4n) is 7.46. The van der Waals surface area contributed by atoms with Crippen molar-refractivity contribution in [2.75, 3.05) is 0 Å².